The third kappa shape index (κ3) is 3.71. The Balaban J connectivity index is 1.83. The zero-order valence-corrected chi connectivity index (χ0v) is 11.9. The van der Waals surface area contributed by atoms with Crippen molar-refractivity contribution in [2.45, 2.75) is 25.7 Å². The summed E-state index contributed by atoms with van der Waals surface area (Å²) in [5.74, 6) is 0.827. The van der Waals surface area contributed by atoms with Crippen LogP contribution < -0.4 is 5.32 Å². The molecule has 1 aromatic carbocycles. The fourth-order valence-electron chi connectivity index (χ4n) is 1.77. The molecule has 0 bridgehead atoms. The van der Waals surface area contributed by atoms with Gasteiger partial charge in [-0.05, 0) is 46.8 Å². The second-order valence-corrected chi connectivity index (χ2v) is 5.68. The molecule has 2 rings (SSSR count). The molecular weight excluding hydrogens is 302 g/mol. The number of benzene rings is 1. The Bertz CT molecular complexity index is 418. The summed E-state index contributed by atoms with van der Waals surface area (Å²) in [5.41, 5.74) is 0.535. The van der Waals surface area contributed by atoms with Gasteiger partial charge in [-0.15, -0.1) is 0 Å². The number of carbonyl (C=O) groups is 1. The van der Waals surface area contributed by atoms with Gasteiger partial charge in [-0.25, -0.2) is 0 Å². The molecule has 17 heavy (non-hydrogen) atoms. The minimum absolute atomic E-state index is 0.0907. The zero-order chi connectivity index (χ0) is 12.3. The van der Waals surface area contributed by atoms with Crippen molar-refractivity contribution >= 4 is 33.4 Å². The van der Waals surface area contributed by atoms with Crippen LogP contribution in [0.2, 0.25) is 5.02 Å². The predicted octanol–water partition coefficient (Wildman–Crippen LogP) is 4.02. The van der Waals surface area contributed by atoms with Crippen LogP contribution in [-0.4, -0.2) is 12.5 Å². The van der Waals surface area contributed by atoms with Crippen LogP contribution in [-0.2, 0) is 0 Å². The second kappa shape index (κ2) is 5.87. The Morgan fingerprint density at radius 2 is 2.24 bits per heavy atom. The Kier molecular flexibility index (Phi) is 4.46. The van der Waals surface area contributed by atoms with Gasteiger partial charge >= 0.3 is 0 Å². The molecule has 0 saturated heterocycles. The molecule has 0 heterocycles. The van der Waals surface area contributed by atoms with Crippen molar-refractivity contribution in [2.24, 2.45) is 5.92 Å². The highest BCUT2D eigenvalue weighted by Crippen LogP contribution is 2.33. The van der Waals surface area contributed by atoms with E-state index >= 15 is 0 Å². The lowest BCUT2D eigenvalue weighted by atomic mass is 10.2. The van der Waals surface area contributed by atoms with Gasteiger partial charge in [0.15, 0.2) is 0 Å². The molecule has 1 aliphatic rings. The average molecular weight is 317 g/mol. The van der Waals surface area contributed by atoms with Crippen molar-refractivity contribution in [2.75, 3.05) is 6.54 Å². The van der Waals surface area contributed by atoms with Crippen LogP contribution in [0, 0.1) is 5.92 Å². The third-order valence-corrected chi connectivity index (χ3v) is 4.26. The van der Waals surface area contributed by atoms with E-state index in [-0.39, 0.29) is 5.91 Å². The lowest BCUT2D eigenvalue weighted by Crippen LogP contribution is -2.24. The van der Waals surface area contributed by atoms with Crippen LogP contribution in [0.4, 0.5) is 0 Å². The number of rotatable bonds is 5. The van der Waals surface area contributed by atoms with Crippen LogP contribution in [0.25, 0.3) is 0 Å². The quantitative estimate of drug-likeness (QED) is 0.817. The molecule has 4 heteroatoms. The predicted molar refractivity (Wildman–Crippen MR) is 73.4 cm³/mol. The van der Waals surface area contributed by atoms with Crippen molar-refractivity contribution in [1.82, 2.24) is 5.32 Å². The average Bonchev–Trinajstić information content (AvgIpc) is 3.12. The number of carbonyl (C=O) groups excluding carboxylic acids is 1. The molecule has 0 aromatic heterocycles. The van der Waals surface area contributed by atoms with E-state index in [1.807, 2.05) is 12.1 Å². The van der Waals surface area contributed by atoms with Gasteiger partial charge in [-0.3, -0.25) is 4.79 Å². The SMILES string of the molecule is O=C(NCCCC1CC1)c1cccc(Br)c1Cl. The minimum Gasteiger partial charge on any atom is -0.352 e. The Morgan fingerprint density at radius 3 is 2.94 bits per heavy atom. The van der Waals surface area contributed by atoms with Crippen molar-refractivity contribution in [1.29, 1.82) is 0 Å². The highest BCUT2D eigenvalue weighted by Gasteiger charge is 2.20. The summed E-state index contributed by atoms with van der Waals surface area (Å²) in [7, 11) is 0. The minimum atomic E-state index is -0.0907. The van der Waals surface area contributed by atoms with E-state index in [0.29, 0.717) is 10.6 Å². The molecule has 0 atom stereocenters. The van der Waals surface area contributed by atoms with E-state index in [9.17, 15) is 4.79 Å². The third-order valence-electron chi connectivity index (χ3n) is 2.97. The van der Waals surface area contributed by atoms with Gasteiger partial charge in [0, 0.05) is 11.0 Å². The lowest BCUT2D eigenvalue weighted by molar-refractivity contribution is 0.0953. The summed E-state index contributed by atoms with van der Waals surface area (Å²) in [4.78, 5) is 11.9. The molecule has 1 amide bonds. The molecule has 0 radical (unpaired) electrons. The van der Waals surface area contributed by atoms with E-state index in [2.05, 4.69) is 21.2 Å². The molecule has 1 saturated carbocycles. The van der Waals surface area contributed by atoms with Crippen LogP contribution in [0.15, 0.2) is 22.7 Å². The van der Waals surface area contributed by atoms with Crippen LogP contribution in [0.3, 0.4) is 0 Å². The van der Waals surface area contributed by atoms with E-state index in [4.69, 9.17) is 11.6 Å². The molecule has 1 aliphatic carbocycles. The van der Waals surface area contributed by atoms with Crippen molar-refractivity contribution in [3.05, 3.63) is 33.3 Å². The topological polar surface area (TPSA) is 29.1 Å². The molecule has 1 fully saturated rings. The van der Waals surface area contributed by atoms with E-state index in [1.54, 1.807) is 6.07 Å². The molecule has 0 unspecified atom stereocenters. The Labute approximate surface area is 115 Å². The molecule has 1 N–H and O–H groups in total. The molecule has 0 aliphatic heterocycles. The van der Waals surface area contributed by atoms with Gasteiger partial charge in [0.1, 0.15) is 0 Å². The summed E-state index contributed by atoms with van der Waals surface area (Å²) in [6, 6.07) is 5.38. The maximum atomic E-state index is 11.9. The fraction of sp³-hybridized carbons (Fsp3) is 0.462. The van der Waals surface area contributed by atoms with Gasteiger partial charge in [-0.2, -0.15) is 0 Å². The van der Waals surface area contributed by atoms with Gasteiger partial charge in [-0.1, -0.05) is 30.5 Å². The lowest BCUT2D eigenvalue weighted by Gasteiger charge is -2.07. The highest BCUT2D eigenvalue weighted by atomic mass is 79.9. The number of hydrogen-bond donors (Lipinski definition) is 1. The molecule has 2 nitrogen and oxygen atoms in total. The standard InChI is InChI=1S/C13H15BrClNO/c14-11-5-1-4-10(12(11)15)13(17)16-8-2-3-9-6-7-9/h1,4-5,9H,2-3,6-8H2,(H,16,17). The molecule has 0 spiro atoms. The van der Waals surface area contributed by atoms with Crippen molar-refractivity contribution in [3.63, 3.8) is 0 Å². The fourth-order valence-corrected chi connectivity index (χ4v) is 2.35. The largest absolute Gasteiger partial charge is 0.352 e. The Morgan fingerprint density at radius 1 is 1.47 bits per heavy atom. The summed E-state index contributed by atoms with van der Waals surface area (Å²) in [6.07, 6.45) is 5.02. The van der Waals surface area contributed by atoms with Crippen LogP contribution >= 0.6 is 27.5 Å². The first-order valence-corrected chi connectivity index (χ1v) is 7.08. The van der Waals surface area contributed by atoms with Gasteiger partial charge in [0.25, 0.3) is 5.91 Å². The van der Waals surface area contributed by atoms with Crippen LogP contribution in [0.5, 0.6) is 0 Å². The van der Waals surface area contributed by atoms with Crippen molar-refractivity contribution < 1.29 is 4.79 Å². The second-order valence-electron chi connectivity index (χ2n) is 4.44. The number of halogens is 2. The van der Waals surface area contributed by atoms with Crippen molar-refractivity contribution in [3.8, 4) is 0 Å². The smallest absolute Gasteiger partial charge is 0.252 e. The number of nitrogens with one attached hydrogen (secondary N) is 1. The molecule has 1 aromatic rings. The van der Waals surface area contributed by atoms with Gasteiger partial charge in [0.2, 0.25) is 0 Å². The zero-order valence-electron chi connectivity index (χ0n) is 9.51. The first-order valence-electron chi connectivity index (χ1n) is 5.90. The first kappa shape index (κ1) is 12.9. The van der Waals surface area contributed by atoms with Crippen LogP contribution in [0.1, 0.15) is 36.0 Å². The summed E-state index contributed by atoms with van der Waals surface area (Å²) in [5, 5.41) is 3.38. The summed E-state index contributed by atoms with van der Waals surface area (Å²) in [6.45, 7) is 0.734. The maximum absolute atomic E-state index is 11.9. The molecule has 92 valence electrons. The number of amides is 1. The van der Waals surface area contributed by atoms with E-state index in [0.717, 1.165) is 23.4 Å². The Hall–Kier alpha value is -0.540. The molecular formula is C13H15BrClNO. The summed E-state index contributed by atoms with van der Waals surface area (Å²) < 4.78 is 0.754. The van der Waals surface area contributed by atoms with Gasteiger partial charge < -0.3 is 5.32 Å². The van der Waals surface area contributed by atoms with Gasteiger partial charge in [0.05, 0.1) is 10.6 Å². The summed E-state index contributed by atoms with van der Waals surface area (Å²) >= 11 is 9.37. The monoisotopic (exact) mass is 315 g/mol. The highest BCUT2D eigenvalue weighted by molar-refractivity contribution is 9.10. The number of hydrogen-bond acceptors (Lipinski definition) is 1. The van der Waals surface area contributed by atoms with E-state index in [1.165, 1.54) is 19.3 Å². The maximum Gasteiger partial charge on any atom is 0.252 e. The first-order chi connectivity index (χ1) is 8.18. The van der Waals surface area contributed by atoms with E-state index < -0.39 is 0 Å². The normalized spacial score (nSPS) is 14.7.